The molecule has 0 unspecified atom stereocenters. The van der Waals surface area contributed by atoms with Crippen LogP contribution < -0.4 is 0 Å². The summed E-state index contributed by atoms with van der Waals surface area (Å²) in [5.41, 5.74) is 1.86. The van der Waals surface area contributed by atoms with Gasteiger partial charge in [0.25, 0.3) is 0 Å². The molecule has 4 heteroatoms. The van der Waals surface area contributed by atoms with Crippen LogP contribution in [0.2, 0.25) is 0 Å². The highest BCUT2D eigenvalue weighted by molar-refractivity contribution is 5.74. The van der Waals surface area contributed by atoms with Crippen molar-refractivity contribution in [3.05, 3.63) is 47.5 Å². The lowest BCUT2D eigenvalue weighted by molar-refractivity contribution is 0.112. The predicted octanol–water partition coefficient (Wildman–Crippen LogP) is 1.41. The van der Waals surface area contributed by atoms with Gasteiger partial charge in [-0.25, -0.2) is 0 Å². The first kappa shape index (κ1) is 10.5. The Morgan fingerprint density at radius 3 is 2.94 bits per heavy atom. The molecule has 16 heavy (non-hydrogen) atoms. The SMILES string of the molecule is Cn1cnnc1CCc1cccc(C=O)c1. The molecular formula is C12H13N3O. The van der Waals surface area contributed by atoms with Gasteiger partial charge in [-0.1, -0.05) is 18.2 Å². The Bertz CT molecular complexity index is 491. The molecule has 0 radical (unpaired) electrons. The molecular weight excluding hydrogens is 202 g/mol. The molecule has 4 nitrogen and oxygen atoms in total. The molecule has 1 heterocycles. The number of aryl methyl sites for hydroxylation is 3. The summed E-state index contributed by atoms with van der Waals surface area (Å²) in [6.45, 7) is 0. The maximum atomic E-state index is 10.6. The fraction of sp³-hybridized carbons (Fsp3) is 0.250. The first-order valence-corrected chi connectivity index (χ1v) is 5.16. The van der Waals surface area contributed by atoms with Crippen molar-refractivity contribution >= 4 is 6.29 Å². The van der Waals surface area contributed by atoms with E-state index < -0.39 is 0 Å². The molecule has 0 N–H and O–H groups in total. The van der Waals surface area contributed by atoms with Gasteiger partial charge in [0.1, 0.15) is 18.4 Å². The van der Waals surface area contributed by atoms with E-state index in [0.29, 0.717) is 0 Å². The Hall–Kier alpha value is -1.97. The molecule has 1 aromatic carbocycles. The molecule has 0 saturated carbocycles. The van der Waals surface area contributed by atoms with Gasteiger partial charge in [0.2, 0.25) is 0 Å². The van der Waals surface area contributed by atoms with E-state index in [4.69, 9.17) is 0 Å². The minimum atomic E-state index is 0.718. The molecule has 2 aromatic rings. The highest BCUT2D eigenvalue weighted by atomic mass is 16.1. The van der Waals surface area contributed by atoms with Crippen LogP contribution in [0.1, 0.15) is 21.7 Å². The van der Waals surface area contributed by atoms with Crippen molar-refractivity contribution in [2.24, 2.45) is 7.05 Å². The van der Waals surface area contributed by atoms with Gasteiger partial charge in [0, 0.05) is 19.0 Å². The summed E-state index contributed by atoms with van der Waals surface area (Å²) < 4.78 is 1.91. The van der Waals surface area contributed by atoms with Gasteiger partial charge in [-0.15, -0.1) is 10.2 Å². The molecule has 0 saturated heterocycles. The van der Waals surface area contributed by atoms with E-state index in [1.807, 2.05) is 29.8 Å². The smallest absolute Gasteiger partial charge is 0.150 e. The molecule has 0 aliphatic heterocycles. The van der Waals surface area contributed by atoms with Crippen molar-refractivity contribution in [3.8, 4) is 0 Å². The largest absolute Gasteiger partial charge is 0.321 e. The fourth-order valence-corrected chi connectivity index (χ4v) is 1.61. The highest BCUT2D eigenvalue weighted by Crippen LogP contribution is 2.07. The molecule has 0 aliphatic carbocycles. The molecule has 2 rings (SSSR count). The van der Waals surface area contributed by atoms with Gasteiger partial charge < -0.3 is 4.57 Å². The Labute approximate surface area is 93.9 Å². The van der Waals surface area contributed by atoms with Crippen LogP contribution in [0.25, 0.3) is 0 Å². The van der Waals surface area contributed by atoms with Crippen LogP contribution in [0.5, 0.6) is 0 Å². The molecule has 1 aromatic heterocycles. The van der Waals surface area contributed by atoms with Crippen molar-refractivity contribution in [2.75, 3.05) is 0 Å². The summed E-state index contributed by atoms with van der Waals surface area (Å²) in [6, 6.07) is 7.63. The van der Waals surface area contributed by atoms with E-state index >= 15 is 0 Å². The average Bonchev–Trinajstić information content (AvgIpc) is 2.72. The summed E-state index contributed by atoms with van der Waals surface area (Å²) >= 11 is 0. The van der Waals surface area contributed by atoms with Crippen LogP contribution >= 0.6 is 0 Å². The van der Waals surface area contributed by atoms with E-state index in [1.165, 1.54) is 0 Å². The number of aromatic nitrogens is 3. The van der Waals surface area contributed by atoms with E-state index in [9.17, 15) is 4.79 Å². The van der Waals surface area contributed by atoms with Crippen LogP contribution in [0, 0.1) is 0 Å². The highest BCUT2D eigenvalue weighted by Gasteiger charge is 2.01. The number of carbonyl (C=O) groups excluding carboxylic acids is 1. The topological polar surface area (TPSA) is 47.8 Å². The second-order valence-electron chi connectivity index (χ2n) is 3.72. The van der Waals surface area contributed by atoms with Gasteiger partial charge in [-0.05, 0) is 18.1 Å². The van der Waals surface area contributed by atoms with Crippen molar-refractivity contribution in [1.29, 1.82) is 0 Å². The molecule has 82 valence electrons. The lowest BCUT2D eigenvalue weighted by atomic mass is 10.1. The van der Waals surface area contributed by atoms with Crippen molar-refractivity contribution in [2.45, 2.75) is 12.8 Å². The molecule has 0 fully saturated rings. The molecule has 0 bridgehead atoms. The summed E-state index contributed by atoms with van der Waals surface area (Å²) in [5, 5.41) is 7.84. The quantitative estimate of drug-likeness (QED) is 0.724. The summed E-state index contributed by atoms with van der Waals surface area (Å²) in [7, 11) is 1.93. The average molecular weight is 215 g/mol. The van der Waals surface area contributed by atoms with E-state index in [2.05, 4.69) is 10.2 Å². The third kappa shape index (κ3) is 2.34. The fourth-order valence-electron chi connectivity index (χ4n) is 1.61. The monoisotopic (exact) mass is 215 g/mol. The zero-order chi connectivity index (χ0) is 11.4. The Morgan fingerprint density at radius 1 is 1.38 bits per heavy atom. The maximum absolute atomic E-state index is 10.6. The number of carbonyl (C=O) groups is 1. The van der Waals surface area contributed by atoms with Crippen molar-refractivity contribution in [3.63, 3.8) is 0 Å². The third-order valence-corrected chi connectivity index (χ3v) is 2.53. The first-order valence-electron chi connectivity index (χ1n) is 5.16. The van der Waals surface area contributed by atoms with Crippen LogP contribution in [0.15, 0.2) is 30.6 Å². The van der Waals surface area contributed by atoms with Gasteiger partial charge in [0.15, 0.2) is 0 Å². The lowest BCUT2D eigenvalue weighted by Gasteiger charge is -2.01. The molecule has 0 atom stereocenters. The molecule has 0 aliphatic rings. The summed E-state index contributed by atoms with van der Waals surface area (Å²) in [4.78, 5) is 10.6. The minimum Gasteiger partial charge on any atom is -0.321 e. The number of benzene rings is 1. The number of hydrogen-bond donors (Lipinski definition) is 0. The van der Waals surface area contributed by atoms with E-state index in [-0.39, 0.29) is 0 Å². The predicted molar refractivity (Wildman–Crippen MR) is 60.2 cm³/mol. The van der Waals surface area contributed by atoms with Gasteiger partial charge in [0.05, 0.1) is 0 Å². The standard InChI is InChI=1S/C12H13N3O/c1-15-9-13-14-12(15)6-5-10-3-2-4-11(7-10)8-16/h2-4,7-9H,5-6H2,1H3. The first-order chi connectivity index (χ1) is 7.79. The van der Waals surface area contributed by atoms with Gasteiger partial charge in [-0.2, -0.15) is 0 Å². The van der Waals surface area contributed by atoms with Crippen LogP contribution in [-0.2, 0) is 19.9 Å². The molecule has 0 amide bonds. The van der Waals surface area contributed by atoms with Gasteiger partial charge >= 0.3 is 0 Å². The second-order valence-corrected chi connectivity index (χ2v) is 3.72. The van der Waals surface area contributed by atoms with Crippen LogP contribution in [0.3, 0.4) is 0 Å². The molecule has 0 spiro atoms. The Balaban J connectivity index is 2.04. The van der Waals surface area contributed by atoms with Gasteiger partial charge in [-0.3, -0.25) is 4.79 Å². The zero-order valence-corrected chi connectivity index (χ0v) is 9.13. The number of nitrogens with zero attached hydrogens (tertiary/aromatic N) is 3. The number of rotatable bonds is 4. The van der Waals surface area contributed by atoms with E-state index in [1.54, 1.807) is 12.4 Å². The van der Waals surface area contributed by atoms with Crippen molar-refractivity contribution < 1.29 is 4.79 Å². The minimum absolute atomic E-state index is 0.718. The zero-order valence-electron chi connectivity index (χ0n) is 9.13. The third-order valence-electron chi connectivity index (χ3n) is 2.53. The van der Waals surface area contributed by atoms with Crippen molar-refractivity contribution in [1.82, 2.24) is 14.8 Å². The normalized spacial score (nSPS) is 10.3. The summed E-state index contributed by atoms with van der Waals surface area (Å²) in [5.74, 6) is 0.955. The van der Waals surface area contributed by atoms with Crippen LogP contribution in [0.4, 0.5) is 0 Å². The number of aldehydes is 1. The number of hydrogen-bond acceptors (Lipinski definition) is 3. The van der Waals surface area contributed by atoms with Crippen LogP contribution in [-0.4, -0.2) is 21.1 Å². The Kier molecular flexibility index (Phi) is 3.10. The lowest BCUT2D eigenvalue weighted by Crippen LogP contribution is -2.00. The maximum Gasteiger partial charge on any atom is 0.150 e. The second kappa shape index (κ2) is 4.70. The van der Waals surface area contributed by atoms with E-state index in [0.717, 1.165) is 36.1 Å². The Morgan fingerprint density at radius 2 is 2.25 bits per heavy atom. The summed E-state index contributed by atoms with van der Waals surface area (Å²) in [6.07, 6.45) is 4.26.